The van der Waals surface area contributed by atoms with Crippen molar-refractivity contribution in [3.63, 3.8) is 0 Å². The number of halogens is 1. The highest BCUT2D eigenvalue weighted by molar-refractivity contribution is 9.09. The Hall–Kier alpha value is 0.440. The SMILES string of the molecule is CCCC(C)CC1(CBr)CCCOC1. The molecule has 0 spiro atoms. The van der Waals surface area contributed by atoms with Gasteiger partial charge in [-0.2, -0.15) is 0 Å². The predicted molar refractivity (Wildman–Crippen MR) is 65.0 cm³/mol. The van der Waals surface area contributed by atoms with E-state index < -0.39 is 0 Å². The molecule has 0 radical (unpaired) electrons. The zero-order chi connectivity index (χ0) is 10.4. The lowest BCUT2D eigenvalue weighted by atomic mass is 9.76. The lowest BCUT2D eigenvalue weighted by Gasteiger charge is -2.37. The van der Waals surface area contributed by atoms with Crippen LogP contribution in [0.1, 0.15) is 46.0 Å². The highest BCUT2D eigenvalue weighted by Gasteiger charge is 2.32. The zero-order valence-electron chi connectivity index (χ0n) is 9.52. The average molecular weight is 263 g/mol. The maximum atomic E-state index is 5.63. The van der Waals surface area contributed by atoms with E-state index in [2.05, 4.69) is 29.8 Å². The molecule has 0 amide bonds. The largest absolute Gasteiger partial charge is 0.381 e. The summed E-state index contributed by atoms with van der Waals surface area (Å²) in [5.74, 6) is 0.847. The fourth-order valence-corrected chi connectivity index (χ4v) is 3.24. The van der Waals surface area contributed by atoms with Crippen molar-refractivity contribution in [3.8, 4) is 0 Å². The van der Waals surface area contributed by atoms with E-state index in [0.29, 0.717) is 5.41 Å². The Morgan fingerprint density at radius 2 is 2.29 bits per heavy atom. The first-order chi connectivity index (χ1) is 6.72. The number of alkyl halides is 1. The summed E-state index contributed by atoms with van der Waals surface area (Å²) in [6, 6.07) is 0. The topological polar surface area (TPSA) is 9.23 Å². The highest BCUT2D eigenvalue weighted by Crippen LogP contribution is 2.37. The van der Waals surface area contributed by atoms with Crippen molar-refractivity contribution in [3.05, 3.63) is 0 Å². The van der Waals surface area contributed by atoms with Crippen molar-refractivity contribution < 1.29 is 4.74 Å². The molecule has 0 N–H and O–H groups in total. The van der Waals surface area contributed by atoms with Crippen LogP contribution in [-0.4, -0.2) is 18.5 Å². The van der Waals surface area contributed by atoms with Crippen molar-refractivity contribution in [2.75, 3.05) is 18.5 Å². The Kier molecular flexibility index (Phi) is 5.47. The van der Waals surface area contributed by atoms with Crippen LogP contribution >= 0.6 is 15.9 Å². The molecule has 14 heavy (non-hydrogen) atoms. The van der Waals surface area contributed by atoms with E-state index in [1.165, 1.54) is 32.1 Å². The number of rotatable bonds is 5. The normalized spacial score (nSPS) is 30.2. The third-order valence-electron chi connectivity index (χ3n) is 3.25. The van der Waals surface area contributed by atoms with Crippen LogP contribution in [0.25, 0.3) is 0 Å². The summed E-state index contributed by atoms with van der Waals surface area (Å²) in [5.41, 5.74) is 0.437. The van der Waals surface area contributed by atoms with Crippen LogP contribution in [-0.2, 0) is 4.74 Å². The van der Waals surface area contributed by atoms with Crippen molar-refractivity contribution in [2.45, 2.75) is 46.0 Å². The van der Waals surface area contributed by atoms with Gasteiger partial charge < -0.3 is 4.74 Å². The van der Waals surface area contributed by atoms with Gasteiger partial charge in [-0.25, -0.2) is 0 Å². The Labute approximate surface area is 96.7 Å². The molecule has 0 bridgehead atoms. The molecule has 2 heteroatoms. The van der Waals surface area contributed by atoms with Crippen LogP contribution in [0.15, 0.2) is 0 Å². The maximum absolute atomic E-state index is 5.63. The lowest BCUT2D eigenvalue weighted by molar-refractivity contribution is -0.00636. The van der Waals surface area contributed by atoms with E-state index in [-0.39, 0.29) is 0 Å². The molecule has 1 aliphatic heterocycles. The van der Waals surface area contributed by atoms with Gasteiger partial charge in [-0.05, 0) is 25.2 Å². The maximum Gasteiger partial charge on any atom is 0.0530 e. The lowest BCUT2D eigenvalue weighted by Crippen LogP contribution is -2.35. The molecule has 0 saturated carbocycles. The van der Waals surface area contributed by atoms with Crippen LogP contribution < -0.4 is 0 Å². The van der Waals surface area contributed by atoms with Crippen LogP contribution in [0.3, 0.4) is 0 Å². The summed E-state index contributed by atoms with van der Waals surface area (Å²) in [6.45, 7) is 6.58. The monoisotopic (exact) mass is 262 g/mol. The second-order valence-electron chi connectivity index (χ2n) is 4.89. The molecule has 0 aliphatic carbocycles. The van der Waals surface area contributed by atoms with E-state index in [9.17, 15) is 0 Å². The Balaban J connectivity index is 2.42. The molecule has 0 aromatic rings. The molecule has 1 saturated heterocycles. The minimum absolute atomic E-state index is 0.437. The first-order valence-electron chi connectivity index (χ1n) is 5.86. The minimum Gasteiger partial charge on any atom is -0.381 e. The highest BCUT2D eigenvalue weighted by atomic mass is 79.9. The predicted octanol–water partition coefficient (Wildman–Crippen LogP) is 4.00. The van der Waals surface area contributed by atoms with E-state index in [1.54, 1.807) is 0 Å². The Bertz CT molecular complexity index is 152. The van der Waals surface area contributed by atoms with Crippen molar-refractivity contribution >= 4 is 15.9 Å². The minimum atomic E-state index is 0.437. The van der Waals surface area contributed by atoms with Gasteiger partial charge in [-0.1, -0.05) is 42.6 Å². The molecule has 1 aliphatic rings. The fourth-order valence-electron chi connectivity index (χ4n) is 2.57. The average Bonchev–Trinajstić information content (AvgIpc) is 2.19. The molecule has 1 heterocycles. The second-order valence-corrected chi connectivity index (χ2v) is 5.45. The van der Waals surface area contributed by atoms with Crippen molar-refractivity contribution in [1.82, 2.24) is 0 Å². The zero-order valence-corrected chi connectivity index (χ0v) is 11.1. The molecule has 84 valence electrons. The van der Waals surface area contributed by atoms with Crippen LogP contribution in [0.2, 0.25) is 0 Å². The summed E-state index contributed by atoms with van der Waals surface area (Å²) < 4.78 is 5.63. The summed E-state index contributed by atoms with van der Waals surface area (Å²) in [7, 11) is 0. The molecule has 0 aromatic heterocycles. The summed E-state index contributed by atoms with van der Waals surface area (Å²) in [6.07, 6.45) is 6.57. The van der Waals surface area contributed by atoms with Gasteiger partial charge in [0.05, 0.1) is 6.61 Å². The van der Waals surface area contributed by atoms with Crippen LogP contribution in [0.4, 0.5) is 0 Å². The van der Waals surface area contributed by atoms with Gasteiger partial charge in [0.25, 0.3) is 0 Å². The smallest absolute Gasteiger partial charge is 0.0530 e. The molecular formula is C12H23BrO. The fraction of sp³-hybridized carbons (Fsp3) is 1.00. The van der Waals surface area contributed by atoms with Crippen molar-refractivity contribution in [2.24, 2.45) is 11.3 Å². The molecular weight excluding hydrogens is 240 g/mol. The summed E-state index contributed by atoms with van der Waals surface area (Å²) in [4.78, 5) is 0. The first kappa shape index (κ1) is 12.5. The second kappa shape index (κ2) is 6.12. The van der Waals surface area contributed by atoms with E-state index in [1.807, 2.05) is 0 Å². The Morgan fingerprint density at radius 1 is 1.50 bits per heavy atom. The summed E-state index contributed by atoms with van der Waals surface area (Å²) in [5, 5.41) is 1.11. The quantitative estimate of drug-likeness (QED) is 0.681. The molecule has 0 aromatic carbocycles. The van der Waals surface area contributed by atoms with Crippen LogP contribution in [0, 0.1) is 11.3 Å². The Morgan fingerprint density at radius 3 is 2.79 bits per heavy atom. The molecule has 2 atom stereocenters. The van der Waals surface area contributed by atoms with Gasteiger partial charge in [-0.15, -0.1) is 0 Å². The van der Waals surface area contributed by atoms with Gasteiger partial charge >= 0.3 is 0 Å². The third-order valence-corrected chi connectivity index (χ3v) is 4.44. The van der Waals surface area contributed by atoms with E-state index in [4.69, 9.17) is 4.74 Å². The van der Waals surface area contributed by atoms with Crippen LogP contribution in [0.5, 0.6) is 0 Å². The molecule has 1 nitrogen and oxygen atoms in total. The van der Waals surface area contributed by atoms with Gasteiger partial charge in [0.15, 0.2) is 0 Å². The van der Waals surface area contributed by atoms with E-state index >= 15 is 0 Å². The van der Waals surface area contributed by atoms with Crippen molar-refractivity contribution in [1.29, 1.82) is 0 Å². The number of hydrogen-bond acceptors (Lipinski definition) is 1. The van der Waals surface area contributed by atoms with Gasteiger partial charge in [-0.3, -0.25) is 0 Å². The third kappa shape index (κ3) is 3.54. The number of ether oxygens (including phenoxy) is 1. The first-order valence-corrected chi connectivity index (χ1v) is 6.98. The van der Waals surface area contributed by atoms with Gasteiger partial charge in [0.2, 0.25) is 0 Å². The number of hydrogen-bond donors (Lipinski definition) is 0. The standard InChI is InChI=1S/C12H23BrO/c1-3-5-11(2)8-12(9-13)6-4-7-14-10-12/h11H,3-10H2,1-2H3. The molecule has 1 fully saturated rings. The summed E-state index contributed by atoms with van der Waals surface area (Å²) >= 11 is 3.67. The molecule has 2 unspecified atom stereocenters. The van der Waals surface area contributed by atoms with Gasteiger partial charge in [0, 0.05) is 17.4 Å². The van der Waals surface area contributed by atoms with Gasteiger partial charge in [0.1, 0.15) is 0 Å². The van der Waals surface area contributed by atoms with E-state index in [0.717, 1.165) is 24.5 Å². The molecule has 1 rings (SSSR count).